The Bertz CT molecular complexity index is 387. The normalized spacial score (nSPS) is 31.3. The highest BCUT2D eigenvalue weighted by Gasteiger charge is 2.42. The van der Waals surface area contributed by atoms with E-state index < -0.39 is 12.1 Å². The second-order valence-electron chi connectivity index (χ2n) is 6.60. The summed E-state index contributed by atoms with van der Waals surface area (Å²) in [4.78, 5) is 4.39. The SMILES string of the molecule is CCCC1CC1NC(=NCC)NC1CCCC(C(F)(F)F)C1.I. The van der Waals surface area contributed by atoms with Crippen LogP contribution in [0.1, 0.15) is 58.8 Å². The van der Waals surface area contributed by atoms with Gasteiger partial charge in [-0.1, -0.05) is 19.8 Å². The Balaban J connectivity index is 0.00000264. The van der Waals surface area contributed by atoms with Gasteiger partial charge >= 0.3 is 6.18 Å². The van der Waals surface area contributed by atoms with E-state index in [0.717, 1.165) is 12.8 Å². The molecule has 2 rings (SSSR count). The molecule has 4 unspecified atom stereocenters. The maximum absolute atomic E-state index is 12.9. The standard InChI is InChI=1S/C16H28F3N3.HI/c1-3-6-11-9-14(11)22-15(20-4-2)21-13-8-5-7-12(10-13)16(17,18)19;/h11-14H,3-10H2,1-2H3,(H2,20,21,22);1H. The van der Waals surface area contributed by atoms with Gasteiger partial charge in [0.25, 0.3) is 0 Å². The summed E-state index contributed by atoms with van der Waals surface area (Å²) in [7, 11) is 0. The third kappa shape index (κ3) is 6.66. The first kappa shape index (κ1) is 20.8. The molecule has 0 aromatic rings. The fourth-order valence-electron chi connectivity index (χ4n) is 3.39. The zero-order valence-electron chi connectivity index (χ0n) is 14.0. The van der Waals surface area contributed by atoms with Crippen LogP contribution in [0.25, 0.3) is 0 Å². The van der Waals surface area contributed by atoms with Gasteiger partial charge in [0.05, 0.1) is 5.92 Å². The van der Waals surface area contributed by atoms with E-state index in [1.807, 2.05) is 6.92 Å². The zero-order valence-corrected chi connectivity index (χ0v) is 16.3. The number of alkyl halides is 3. The summed E-state index contributed by atoms with van der Waals surface area (Å²) >= 11 is 0. The Kier molecular flexibility index (Phi) is 8.44. The molecule has 0 amide bonds. The molecule has 3 nitrogen and oxygen atoms in total. The van der Waals surface area contributed by atoms with Crippen molar-refractivity contribution in [2.24, 2.45) is 16.8 Å². The molecule has 0 aliphatic heterocycles. The Labute approximate surface area is 154 Å². The Morgan fingerprint density at radius 2 is 1.87 bits per heavy atom. The van der Waals surface area contributed by atoms with E-state index in [1.54, 1.807) is 0 Å². The molecule has 2 N–H and O–H groups in total. The first-order valence-electron chi connectivity index (χ1n) is 8.58. The van der Waals surface area contributed by atoms with Gasteiger partial charge in [-0.05, 0) is 44.9 Å². The van der Waals surface area contributed by atoms with E-state index in [4.69, 9.17) is 0 Å². The summed E-state index contributed by atoms with van der Waals surface area (Å²) in [5.41, 5.74) is 0. The third-order valence-corrected chi connectivity index (χ3v) is 4.70. The van der Waals surface area contributed by atoms with E-state index >= 15 is 0 Å². The quantitative estimate of drug-likeness (QED) is 0.371. The molecule has 0 heterocycles. The monoisotopic (exact) mass is 447 g/mol. The second kappa shape index (κ2) is 9.32. The van der Waals surface area contributed by atoms with Crippen LogP contribution in [0.15, 0.2) is 4.99 Å². The van der Waals surface area contributed by atoms with Crippen LogP contribution in [-0.4, -0.2) is 30.8 Å². The van der Waals surface area contributed by atoms with Crippen molar-refractivity contribution < 1.29 is 13.2 Å². The smallest absolute Gasteiger partial charge is 0.354 e. The largest absolute Gasteiger partial charge is 0.391 e. The van der Waals surface area contributed by atoms with Crippen molar-refractivity contribution in [2.75, 3.05) is 6.54 Å². The number of nitrogens with zero attached hydrogens (tertiary/aromatic N) is 1. The van der Waals surface area contributed by atoms with Crippen molar-refractivity contribution in [1.29, 1.82) is 0 Å². The lowest BCUT2D eigenvalue weighted by Gasteiger charge is -2.32. The lowest BCUT2D eigenvalue weighted by Crippen LogP contribution is -2.47. The summed E-state index contributed by atoms with van der Waals surface area (Å²) in [6.45, 7) is 4.75. The molecule has 0 spiro atoms. The Hall–Kier alpha value is -0.210. The molecule has 0 radical (unpaired) electrons. The number of guanidine groups is 1. The van der Waals surface area contributed by atoms with Gasteiger partial charge in [-0.3, -0.25) is 4.99 Å². The second-order valence-corrected chi connectivity index (χ2v) is 6.60. The maximum Gasteiger partial charge on any atom is 0.391 e. The van der Waals surface area contributed by atoms with E-state index in [0.29, 0.717) is 30.9 Å². The molecule has 2 saturated carbocycles. The topological polar surface area (TPSA) is 36.4 Å². The van der Waals surface area contributed by atoms with Crippen LogP contribution in [0.5, 0.6) is 0 Å². The molecule has 4 atom stereocenters. The van der Waals surface area contributed by atoms with E-state index in [9.17, 15) is 13.2 Å². The van der Waals surface area contributed by atoms with E-state index in [1.165, 1.54) is 12.8 Å². The average molecular weight is 447 g/mol. The molecule has 0 bridgehead atoms. The van der Waals surface area contributed by atoms with E-state index in [2.05, 4.69) is 22.5 Å². The van der Waals surface area contributed by atoms with Gasteiger partial charge in [0.1, 0.15) is 0 Å². The average Bonchev–Trinajstić information content (AvgIpc) is 3.17. The van der Waals surface area contributed by atoms with Gasteiger partial charge in [0.15, 0.2) is 5.96 Å². The molecule has 0 saturated heterocycles. The fraction of sp³-hybridized carbons (Fsp3) is 0.938. The minimum absolute atomic E-state index is 0. The number of nitrogens with one attached hydrogen (secondary N) is 2. The van der Waals surface area contributed by atoms with Gasteiger partial charge in [0, 0.05) is 18.6 Å². The number of halogens is 4. The molecule has 7 heteroatoms. The molecular formula is C16H29F3IN3. The van der Waals surface area contributed by atoms with Crippen molar-refractivity contribution in [1.82, 2.24) is 10.6 Å². The van der Waals surface area contributed by atoms with Crippen LogP contribution in [-0.2, 0) is 0 Å². The minimum Gasteiger partial charge on any atom is -0.354 e. The summed E-state index contributed by atoms with van der Waals surface area (Å²) in [5, 5.41) is 6.62. The van der Waals surface area contributed by atoms with E-state index in [-0.39, 0.29) is 42.9 Å². The summed E-state index contributed by atoms with van der Waals surface area (Å²) in [6, 6.07) is 0.321. The number of aliphatic imine (C=N–C) groups is 1. The molecule has 0 aromatic heterocycles. The van der Waals surface area contributed by atoms with Crippen LogP contribution in [0.3, 0.4) is 0 Å². The van der Waals surface area contributed by atoms with Crippen molar-refractivity contribution in [3.05, 3.63) is 0 Å². The van der Waals surface area contributed by atoms with Gasteiger partial charge in [-0.15, -0.1) is 24.0 Å². The number of hydrogen-bond donors (Lipinski definition) is 2. The molecule has 2 aliphatic carbocycles. The third-order valence-electron chi connectivity index (χ3n) is 4.70. The lowest BCUT2D eigenvalue weighted by atomic mass is 9.85. The molecular weight excluding hydrogens is 418 g/mol. The van der Waals surface area contributed by atoms with Crippen molar-refractivity contribution in [3.63, 3.8) is 0 Å². The molecule has 23 heavy (non-hydrogen) atoms. The van der Waals surface area contributed by atoms with Crippen molar-refractivity contribution in [3.8, 4) is 0 Å². The van der Waals surface area contributed by atoms with Crippen LogP contribution in [0, 0.1) is 11.8 Å². The summed E-state index contributed by atoms with van der Waals surface area (Å²) in [5.74, 6) is 0.220. The van der Waals surface area contributed by atoms with Crippen LogP contribution < -0.4 is 10.6 Å². The molecule has 2 fully saturated rings. The van der Waals surface area contributed by atoms with Crippen molar-refractivity contribution in [2.45, 2.75) is 77.1 Å². The number of rotatable bonds is 5. The fourth-order valence-corrected chi connectivity index (χ4v) is 3.39. The first-order chi connectivity index (χ1) is 10.4. The predicted molar refractivity (Wildman–Crippen MR) is 98.3 cm³/mol. The van der Waals surface area contributed by atoms with Gasteiger partial charge < -0.3 is 10.6 Å². The van der Waals surface area contributed by atoms with Crippen LogP contribution in [0.4, 0.5) is 13.2 Å². The highest BCUT2D eigenvalue weighted by atomic mass is 127. The highest BCUT2D eigenvalue weighted by Crippen LogP contribution is 2.38. The Morgan fingerprint density at radius 1 is 1.13 bits per heavy atom. The molecule has 2 aliphatic rings. The maximum atomic E-state index is 12.9. The molecule has 136 valence electrons. The summed E-state index contributed by atoms with van der Waals surface area (Å²) in [6.07, 6.45) is 1.30. The lowest BCUT2D eigenvalue weighted by molar-refractivity contribution is -0.183. The van der Waals surface area contributed by atoms with Gasteiger partial charge in [0.2, 0.25) is 0 Å². The predicted octanol–water partition coefficient (Wildman–Crippen LogP) is 4.47. The zero-order chi connectivity index (χ0) is 16.2. The van der Waals surface area contributed by atoms with Gasteiger partial charge in [-0.25, -0.2) is 0 Å². The summed E-state index contributed by atoms with van der Waals surface area (Å²) < 4.78 is 38.6. The van der Waals surface area contributed by atoms with Crippen molar-refractivity contribution >= 4 is 29.9 Å². The number of hydrogen-bond acceptors (Lipinski definition) is 1. The minimum atomic E-state index is -4.07. The Morgan fingerprint density at radius 3 is 2.48 bits per heavy atom. The van der Waals surface area contributed by atoms with Crippen LogP contribution in [0.2, 0.25) is 0 Å². The first-order valence-corrected chi connectivity index (χ1v) is 8.58. The van der Waals surface area contributed by atoms with Crippen LogP contribution >= 0.6 is 24.0 Å². The van der Waals surface area contributed by atoms with Gasteiger partial charge in [-0.2, -0.15) is 13.2 Å². The highest BCUT2D eigenvalue weighted by molar-refractivity contribution is 14.0. The molecule has 0 aromatic carbocycles.